The highest BCUT2D eigenvalue weighted by Gasteiger charge is 2.56. The van der Waals surface area contributed by atoms with E-state index in [-0.39, 0.29) is 0 Å². The van der Waals surface area contributed by atoms with E-state index in [1.807, 2.05) is 0 Å². The molecule has 4 fully saturated rings. The Balaban J connectivity index is 1.39. The van der Waals surface area contributed by atoms with E-state index in [1.165, 1.54) is 89.9 Å². The van der Waals surface area contributed by atoms with Crippen LogP contribution in [0.1, 0.15) is 155 Å². The van der Waals surface area contributed by atoms with Crippen LogP contribution in [0.2, 0.25) is 0 Å². The molecule has 0 atom stereocenters. The summed E-state index contributed by atoms with van der Waals surface area (Å²) in [6.07, 6.45) is 26.7. The molecule has 4 bridgehead atoms. The first-order valence-corrected chi connectivity index (χ1v) is 14.5. The Morgan fingerprint density at radius 2 is 0.969 bits per heavy atom. The van der Waals surface area contributed by atoms with Crippen LogP contribution in [0.15, 0.2) is 0 Å². The summed E-state index contributed by atoms with van der Waals surface area (Å²) >= 11 is 0. The van der Waals surface area contributed by atoms with E-state index in [1.54, 1.807) is 0 Å². The number of carbonyl (C=O) groups is 2. The molecule has 0 aromatic rings. The highest BCUT2D eigenvalue weighted by Crippen LogP contribution is 2.68. The molecule has 2 heteroatoms. The molecule has 0 radical (unpaired) electrons. The Bertz CT molecular complexity index is 530. The molecule has 0 heterocycles. The van der Waals surface area contributed by atoms with Gasteiger partial charge in [0, 0.05) is 25.7 Å². The Labute approximate surface area is 199 Å². The van der Waals surface area contributed by atoms with Crippen LogP contribution >= 0.6 is 0 Å². The van der Waals surface area contributed by atoms with Gasteiger partial charge in [0.15, 0.2) is 0 Å². The topological polar surface area (TPSA) is 34.1 Å². The summed E-state index contributed by atoms with van der Waals surface area (Å²) in [7, 11) is 0. The van der Waals surface area contributed by atoms with Crippen LogP contribution in [0.4, 0.5) is 0 Å². The third kappa shape index (κ3) is 7.69. The van der Waals surface area contributed by atoms with E-state index < -0.39 is 0 Å². The molecular weight excluding hydrogens is 392 g/mol. The maximum Gasteiger partial charge on any atom is 0.132 e. The Morgan fingerprint density at radius 1 is 0.594 bits per heavy atom. The summed E-state index contributed by atoms with van der Waals surface area (Å²) < 4.78 is 0. The Morgan fingerprint density at radius 3 is 1.34 bits per heavy atom. The van der Waals surface area contributed by atoms with Gasteiger partial charge in [-0.25, -0.2) is 0 Å². The highest BCUT2D eigenvalue weighted by atomic mass is 16.1. The summed E-state index contributed by atoms with van der Waals surface area (Å²) in [5, 5.41) is 0. The minimum atomic E-state index is 0.504. The van der Waals surface area contributed by atoms with Crippen molar-refractivity contribution in [3.05, 3.63) is 0 Å². The van der Waals surface area contributed by atoms with Gasteiger partial charge in [-0.2, -0.15) is 0 Å². The van der Waals surface area contributed by atoms with Crippen molar-refractivity contribution in [1.29, 1.82) is 0 Å². The first-order chi connectivity index (χ1) is 15.5. The molecule has 0 spiro atoms. The maximum atomic E-state index is 12.1. The summed E-state index contributed by atoms with van der Waals surface area (Å²) in [6, 6.07) is 0. The lowest BCUT2D eigenvalue weighted by atomic mass is 9.42. The fourth-order valence-electron chi connectivity index (χ4n) is 8.27. The van der Waals surface area contributed by atoms with Gasteiger partial charge in [0.2, 0.25) is 0 Å². The van der Waals surface area contributed by atoms with Crippen molar-refractivity contribution in [1.82, 2.24) is 0 Å². The predicted octanol–water partition coefficient (Wildman–Crippen LogP) is 8.99. The van der Waals surface area contributed by atoms with Crippen molar-refractivity contribution in [2.45, 2.75) is 155 Å². The standard InChI is InChI=1S/C30H52O2/c1-3-5-7-13-27(31)15-9-11-17-29-20-25-19-26(21-29)23-30(22-25,24-29)18-12-10-16-28(32)14-8-6-4-2/h25-26H,3-24H2,1-2H3. The number of rotatable bonds is 18. The molecule has 0 amide bonds. The van der Waals surface area contributed by atoms with E-state index in [9.17, 15) is 9.59 Å². The molecule has 2 nitrogen and oxygen atoms in total. The van der Waals surface area contributed by atoms with E-state index >= 15 is 0 Å². The zero-order valence-corrected chi connectivity index (χ0v) is 21.5. The minimum absolute atomic E-state index is 0.504. The lowest BCUT2D eigenvalue weighted by Gasteiger charge is -2.63. The van der Waals surface area contributed by atoms with Gasteiger partial charge in [0.1, 0.15) is 11.6 Å². The molecule has 4 aliphatic rings. The van der Waals surface area contributed by atoms with E-state index in [0.717, 1.165) is 63.2 Å². The van der Waals surface area contributed by atoms with Crippen molar-refractivity contribution >= 4 is 11.6 Å². The van der Waals surface area contributed by atoms with Gasteiger partial charge < -0.3 is 0 Å². The second kappa shape index (κ2) is 12.7. The van der Waals surface area contributed by atoms with Crippen molar-refractivity contribution in [3.63, 3.8) is 0 Å². The minimum Gasteiger partial charge on any atom is -0.300 e. The maximum absolute atomic E-state index is 12.1. The quantitative estimate of drug-likeness (QED) is 0.198. The largest absolute Gasteiger partial charge is 0.300 e. The van der Waals surface area contributed by atoms with Gasteiger partial charge in [0.05, 0.1) is 0 Å². The molecule has 4 aliphatic carbocycles. The normalized spacial score (nSPS) is 30.7. The zero-order chi connectivity index (χ0) is 22.9. The lowest BCUT2D eigenvalue weighted by Crippen LogP contribution is -2.51. The van der Waals surface area contributed by atoms with E-state index in [0.29, 0.717) is 22.4 Å². The fraction of sp³-hybridized carbons (Fsp3) is 0.933. The molecular formula is C30H52O2. The molecule has 4 rings (SSSR count). The van der Waals surface area contributed by atoms with Gasteiger partial charge in [-0.1, -0.05) is 52.4 Å². The summed E-state index contributed by atoms with van der Waals surface area (Å²) in [5.74, 6) is 2.96. The highest BCUT2D eigenvalue weighted by molar-refractivity contribution is 5.78. The molecule has 4 saturated carbocycles. The van der Waals surface area contributed by atoms with Crippen molar-refractivity contribution in [2.24, 2.45) is 22.7 Å². The number of ketones is 2. The number of hydrogen-bond acceptors (Lipinski definition) is 2. The summed E-state index contributed by atoms with van der Waals surface area (Å²) in [4.78, 5) is 24.3. The van der Waals surface area contributed by atoms with Crippen LogP contribution in [0.5, 0.6) is 0 Å². The van der Waals surface area contributed by atoms with Gasteiger partial charge in [-0.3, -0.25) is 9.59 Å². The van der Waals surface area contributed by atoms with Crippen LogP contribution in [0.25, 0.3) is 0 Å². The predicted molar refractivity (Wildman–Crippen MR) is 135 cm³/mol. The van der Waals surface area contributed by atoms with Crippen LogP contribution in [0.3, 0.4) is 0 Å². The first-order valence-electron chi connectivity index (χ1n) is 14.5. The Kier molecular flexibility index (Phi) is 10.3. The van der Waals surface area contributed by atoms with Crippen molar-refractivity contribution in [2.75, 3.05) is 0 Å². The summed E-state index contributed by atoms with van der Waals surface area (Å²) in [6.45, 7) is 4.41. The number of hydrogen-bond donors (Lipinski definition) is 0. The van der Waals surface area contributed by atoms with Crippen LogP contribution < -0.4 is 0 Å². The first kappa shape index (κ1) is 26.0. The molecule has 0 aromatic heterocycles. The van der Waals surface area contributed by atoms with Crippen molar-refractivity contribution < 1.29 is 9.59 Å². The second-order valence-electron chi connectivity index (χ2n) is 12.4. The monoisotopic (exact) mass is 444 g/mol. The summed E-state index contributed by atoms with van der Waals surface area (Å²) in [5.41, 5.74) is 1.20. The van der Waals surface area contributed by atoms with Crippen LogP contribution in [-0.4, -0.2) is 11.6 Å². The molecule has 32 heavy (non-hydrogen) atoms. The Hall–Kier alpha value is -0.660. The smallest absolute Gasteiger partial charge is 0.132 e. The molecule has 0 aromatic carbocycles. The SMILES string of the molecule is CCCCCC(=O)CCCCC12CC3CC(C1)CC(CCCCC(=O)CCCCC)(C3)C2. The number of Topliss-reactive ketones (excluding diaryl/α,β-unsaturated/α-hetero) is 2. The second-order valence-corrected chi connectivity index (χ2v) is 12.4. The molecule has 184 valence electrons. The van der Waals surface area contributed by atoms with Gasteiger partial charge in [-0.15, -0.1) is 0 Å². The number of unbranched alkanes of at least 4 members (excludes halogenated alkanes) is 6. The average Bonchev–Trinajstić information content (AvgIpc) is 2.74. The van der Waals surface area contributed by atoms with E-state index in [4.69, 9.17) is 0 Å². The van der Waals surface area contributed by atoms with E-state index in [2.05, 4.69) is 13.8 Å². The number of carbonyl (C=O) groups excluding carboxylic acids is 2. The van der Waals surface area contributed by atoms with Gasteiger partial charge >= 0.3 is 0 Å². The third-order valence-corrected chi connectivity index (χ3v) is 9.25. The molecule has 0 aliphatic heterocycles. The molecule has 0 saturated heterocycles. The lowest BCUT2D eigenvalue weighted by molar-refractivity contribution is -0.122. The van der Waals surface area contributed by atoms with Gasteiger partial charge in [-0.05, 0) is 99.7 Å². The zero-order valence-electron chi connectivity index (χ0n) is 21.5. The van der Waals surface area contributed by atoms with Crippen LogP contribution in [0, 0.1) is 22.7 Å². The third-order valence-electron chi connectivity index (χ3n) is 9.25. The average molecular weight is 445 g/mol. The molecule has 0 unspecified atom stereocenters. The molecule has 0 N–H and O–H groups in total. The van der Waals surface area contributed by atoms with Crippen molar-refractivity contribution in [3.8, 4) is 0 Å². The van der Waals surface area contributed by atoms with Crippen LogP contribution in [-0.2, 0) is 9.59 Å². The van der Waals surface area contributed by atoms with Gasteiger partial charge in [0.25, 0.3) is 0 Å². The fourth-order valence-corrected chi connectivity index (χ4v) is 8.27.